The number of nitrogens with one attached hydrogen (secondary N) is 1. The van der Waals surface area contributed by atoms with E-state index in [-0.39, 0.29) is 22.8 Å². The number of amides is 1. The highest BCUT2D eigenvalue weighted by Crippen LogP contribution is 2.22. The quantitative estimate of drug-likeness (QED) is 0.524. The van der Waals surface area contributed by atoms with Crippen molar-refractivity contribution in [3.05, 3.63) is 69.9 Å². The first-order valence-corrected chi connectivity index (χ1v) is 7.46. The summed E-state index contributed by atoms with van der Waals surface area (Å²) in [7, 11) is 0. The van der Waals surface area contributed by atoms with Gasteiger partial charge in [-0.05, 0) is 28.7 Å². The van der Waals surface area contributed by atoms with Gasteiger partial charge < -0.3 is 5.32 Å². The number of hydrogen-bond acceptors (Lipinski definition) is 4. The minimum absolute atomic E-state index is 0.0845. The van der Waals surface area contributed by atoms with Crippen LogP contribution in [0.15, 0.2) is 48.7 Å². The summed E-state index contributed by atoms with van der Waals surface area (Å²) >= 11 is 0. The fraction of sp³-hybridized carbons (Fsp3) is 0.222. The molecular weight excluding hydrogens is 306 g/mol. The molecule has 1 aromatic carbocycles. The van der Waals surface area contributed by atoms with E-state index in [1.54, 1.807) is 6.08 Å². The van der Waals surface area contributed by atoms with Gasteiger partial charge in [0.05, 0.1) is 4.92 Å². The summed E-state index contributed by atoms with van der Waals surface area (Å²) in [6.07, 6.45) is 4.20. The van der Waals surface area contributed by atoms with E-state index in [1.165, 1.54) is 23.8 Å². The number of pyridine rings is 1. The van der Waals surface area contributed by atoms with Crippen LogP contribution in [0.4, 0.5) is 11.5 Å². The second kappa shape index (κ2) is 7.04. The molecule has 0 fully saturated rings. The maximum absolute atomic E-state index is 11.9. The van der Waals surface area contributed by atoms with Gasteiger partial charge in [-0.25, -0.2) is 4.98 Å². The van der Waals surface area contributed by atoms with Crippen LogP contribution in [0.2, 0.25) is 0 Å². The second-order valence-electron chi connectivity index (χ2n) is 6.35. The molecule has 1 heterocycles. The van der Waals surface area contributed by atoms with E-state index in [0.717, 1.165) is 11.8 Å². The fourth-order valence-electron chi connectivity index (χ4n) is 2.00. The molecule has 6 heteroatoms. The first-order chi connectivity index (χ1) is 11.3. The van der Waals surface area contributed by atoms with Gasteiger partial charge in [0, 0.05) is 12.1 Å². The summed E-state index contributed by atoms with van der Waals surface area (Å²) < 4.78 is 0. The zero-order chi connectivity index (χ0) is 17.7. The van der Waals surface area contributed by atoms with E-state index < -0.39 is 4.92 Å². The second-order valence-corrected chi connectivity index (χ2v) is 6.35. The molecule has 0 saturated carbocycles. The third-order valence-electron chi connectivity index (χ3n) is 3.41. The maximum Gasteiger partial charge on any atom is 0.287 e. The van der Waals surface area contributed by atoms with Crippen LogP contribution in [0.25, 0.3) is 6.08 Å². The lowest BCUT2D eigenvalue weighted by Gasteiger charge is -2.18. The molecule has 2 rings (SSSR count). The van der Waals surface area contributed by atoms with E-state index in [4.69, 9.17) is 0 Å². The number of hydrogen-bond donors (Lipinski definition) is 1. The molecule has 1 N–H and O–H groups in total. The van der Waals surface area contributed by atoms with E-state index in [2.05, 4.69) is 31.1 Å². The highest BCUT2D eigenvalue weighted by molar-refractivity contribution is 6.01. The first-order valence-electron chi connectivity index (χ1n) is 7.46. The number of carbonyl (C=O) groups is 1. The summed E-state index contributed by atoms with van der Waals surface area (Å²) in [5.41, 5.74) is 2.10. The first kappa shape index (κ1) is 17.3. The van der Waals surface area contributed by atoms with Gasteiger partial charge in [-0.1, -0.05) is 45.0 Å². The number of benzene rings is 1. The fourth-order valence-corrected chi connectivity index (χ4v) is 2.00. The van der Waals surface area contributed by atoms with Crippen LogP contribution < -0.4 is 5.32 Å². The van der Waals surface area contributed by atoms with Crippen molar-refractivity contribution in [2.24, 2.45) is 0 Å². The Kier molecular flexibility index (Phi) is 5.08. The smallest absolute Gasteiger partial charge is 0.287 e. The molecular formula is C18H19N3O3. The molecule has 124 valence electrons. The normalized spacial score (nSPS) is 11.5. The van der Waals surface area contributed by atoms with E-state index >= 15 is 0 Å². The van der Waals surface area contributed by atoms with E-state index in [1.807, 2.05) is 24.3 Å². The predicted octanol–water partition coefficient (Wildman–Crippen LogP) is 3.94. The van der Waals surface area contributed by atoms with Crippen LogP contribution in [0.1, 0.15) is 31.9 Å². The number of nitrogens with zero attached hydrogens (tertiary/aromatic N) is 2. The average molecular weight is 325 g/mol. The molecule has 0 atom stereocenters. The molecule has 0 radical (unpaired) electrons. The van der Waals surface area contributed by atoms with Crippen molar-refractivity contribution in [1.82, 2.24) is 4.98 Å². The standard InChI is InChI=1S/C18H19N3O3/c1-18(2,3)14-7-4-13(5-8-14)6-11-17(22)20-16-10-9-15(12-19-16)21(23)24/h4-12H,1-3H3,(H,19,20,22)/b11-6-. The van der Waals surface area contributed by atoms with Crippen LogP contribution in [0.5, 0.6) is 0 Å². The van der Waals surface area contributed by atoms with Gasteiger partial charge in [-0.2, -0.15) is 0 Å². The Morgan fingerprint density at radius 2 is 1.83 bits per heavy atom. The van der Waals surface area contributed by atoms with Crippen molar-refractivity contribution in [1.29, 1.82) is 0 Å². The Morgan fingerprint density at radius 1 is 1.17 bits per heavy atom. The summed E-state index contributed by atoms with van der Waals surface area (Å²) in [4.78, 5) is 25.7. The maximum atomic E-state index is 11.9. The minimum atomic E-state index is -0.542. The Labute approximate surface area is 140 Å². The number of carbonyl (C=O) groups excluding carboxylic acids is 1. The number of anilines is 1. The van der Waals surface area contributed by atoms with Crippen molar-refractivity contribution in [2.45, 2.75) is 26.2 Å². The van der Waals surface area contributed by atoms with Gasteiger partial charge in [0.2, 0.25) is 5.91 Å². The minimum Gasteiger partial charge on any atom is -0.307 e. The Bertz CT molecular complexity index is 758. The number of aromatic nitrogens is 1. The third kappa shape index (κ3) is 4.74. The van der Waals surface area contributed by atoms with Gasteiger partial charge in [0.1, 0.15) is 12.0 Å². The monoisotopic (exact) mass is 325 g/mol. The Balaban J connectivity index is 1.98. The SMILES string of the molecule is CC(C)(C)c1ccc(/C=C\C(=O)Nc2ccc([N+](=O)[O-])cn2)cc1. The molecule has 0 aliphatic rings. The summed E-state index contributed by atoms with van der Waals surface area (Å²) in [6.45, 7) is 6.42. The molecule has 0 bridgehead atoms. The Hall–Kier alpha value is -3.02. The summed E-state index contributed by atoms with van der Waals surface area (Å²) in [5.74, 6) is -0.0884. The predicted molar refractivity (Wildman–Crippen MR) is 93.7 cm³/mol. The molecule has 0 aliphatic heterocycles. The molecule has 2 aromatic rings. The van der Waals surface area contributed by atoms with Crippen molar-refractivity contribution in [3.63, 3.8) is 0 Å². The molecule has 0 saturated heterocycles. The molecule has 0 aliphatic carbocycles. The molecule has 0 unspecified atom stereocenters. The highest BCUT2D eigenvalue weighted by atomic mass is 16.6. The van der Waals surface area contributed by atoms with E-state index in [9.17, 15) is 14.9 Å². The largest absolute Gasteiger partial charge is 0.307 e. The van der Waals surface area contributed by atoms with Crippen LogP contribution in [-0.2, 0) is 10.2 Å². The molecule has 24 heavy (non-hydrogen) atoms. The van der Waals surface area contributed by atoms with Gasteiger partial charge in [-0.3, -0.25) is 14.9 Å². The topological polar surface area (TPSA) is 85.1 Å². The van der Waals surface area contributed by atoms with Crippen molar-refractivity contribution < 1.29 is 9.72 Å². The van der Waals surface area contributed by atoms with Gasteiger partial charge in [0.25, 0.3) is 5.69 Å². The highest BCUT2D eigenvalue weighted by Gasteiger charge is 2.12. The Morgan fingerprint density at radius 3 is 2.33 bits per heavy atom. The van der Waals surface area contributed by atoms with Crippen molar-refractivity contribution in [3.8, 4) is 0 Å². The van der Waals surface area contributed by atoms with Crippen LogP contribution >= 0.6 is 0 Å². The third-order valence-corrected chi connectivity index (χ3v) is 3.41. The van der Waals surface area contributed by atoms with Crippen molar-refractivity contribution >= 4 is 23.5 Å². The summed E-state index contributed by atoms with van der Waals surface area (Å²) in [5, 5.41) is 13.1. The lowest BCUT2D eigenvalue weighted by Crippen LogP contribution is -2.10. The molecule has 1 amide bonds. The zero-order valence-electron chi connectivity index (χ0n) is 13.8. The molecule has 1 aromatic heterocycles. The van der Waals surface area contributed by atoms with Gasteiger partial charge >= 0.3 is 0 Å². The molecule has 6 nitrogen and oxygen atoms in total. The van der Waals surface area contributed by atoms with E-state index in [0.29, 0.717) is 0 Å². The van der Waals surface area contributed by atoms with Crippen LogP contribution in [0, 0.1) is 10.1 Å². The lowest BCUT2D eigenvalue weighted by atomic mass is 9.87. The van der Waals surface area contributed by atoms with Crippen LogP contribution in [0.3, 0.4) is 0 Å². The van der Waals surface area contributed by atoms with Gasteiger partial charge in [-0.15, -0.1) is 0 Å². The average Bonchev–Trinajstić information content (AvgIpc) is 2.53. The molecule has 0 spiro atoms. The zero-order valence-corrected chi connectivity index (χ0v) is 13.8. The van der Waals surface area contributed by atoms with Crippen LogP contribution in [-0.4, -0.2) is 15.8 Å². The number of nitro groups is 1. The van der Waals surface area contributed by atoms with Crippen molar-refractivity contribution in [2.75, 3.05) is 5.32 Å². The lowest BCUT2D eigenvalue weighted by molar-refractivity contribution is -0.385. The summed E-state index contributed by atoms with van der Waals surface area (Å²) in [6, 6.07) is 10.7. The number of rotatable bonds is 4. The van der Waals surface area contributed by atoms with Gasteiger partial charge in [0.15, 0.2) is 0 Å².